The first-order chi connectivity index (χ1) is 7.09. The number of nitrogens with zero attached hydrogens (tertiary/aromatic N) is 1. The highest BCUT2D eigenvalue weighted by Crippen LogP contribution is 2.12. The SMILES string of the molecule is CC(C)CN(N)CC(O)c1ccccc1. The zero-order valence-corrected chi connectivity index (χ0v) is 9.43. The number of nitrogens with two attached hydrogens (primary N) is 1. The summed E-state index contributed by atoms with van der Waals surface area (Å²) in [6, 6.07) is 9.59. The van der Waals surface area contributed by atoms with Crippen LogP contribution in [0.2, 0.25) is 0 Å². The summed E-state index contributed by atoms with van der Waals surface area (Å²) in [5, 5.41) is 11.6. The lowest BCUT2D eigenvalue weighted by atomic mass is 10.1. The molecule has 3 N–H and O–H groups in total. The second-order valence-corrected chi connectivity index (χ2v) is 4.27. The zero-order chi connectivity index (χ0) is 11.3. The highest BCUT2D eigenvalue weighted by molar-refractivity contribution is 5.17. The van der Waals surface area contributed by atoms with Gasteiger partial charge in [0.2, 0.25) is 0 Å². The van der Waals surface area contributed by atoms with Crippen LogP contribution >= 0.6 is 0 Å². The van der Waals surface area contributed by atoms with E-state index in [0.717, 1.165) is 12.1 Å². The van der Waals surface area contributed by atoms with Gasteiger partial charge >= 0.3 is 0 Å². The van der Waals surface area contributed by atoms with E-state index in [1.807, 2.05) is 30.3 Å². The lowest BCUT2D eigenvalue weighted by Gasteiger charge is -2.21. The van der Waals surface area contributed by atoms with Crippen molar-refractivity contribution in [2.45, 2.75) is 20.0 Å². The van der Waals surface area contributed by atoms with Crippen molar-refractivity contribution in [3.8, 4) is 0 Å². The van der Waals surface area contributed by atoms with E-state index in [9.17, 15) is 5.11 Å². The molecule has 1 unspecified atom stereocenters. The number of aliphatic hydroxyl groups is 1. The molecular weight excluding hydrogens is 188 g/mol. The summed E-state index contributed by atoms with van der Waals surface area (Å²) >= 11 is 0. The van der Waals surface area contributed by atoms with E-state index in [1.165, 1.54) is 0 Å². The molecule has 0 aliphatic carbocycles. The van der Waals surface area contributed by atoms with Crippen molar-refractivity contribution in [3.63, 3.8) is 0 Å². The van der Waals surface area contributed by atoms with Crippen molar-refractivity contribution in [1.29, 1.82) is 0 Å². The lowest BCUT2D eigenvalue weighted by Crippen LogP contribution is -2.37. The maximum absolute atomic E-state index is 9.88. The second kappa shape index (κ2) is 5.85. The molecule has 1 rings (SSSR count). The van der Waals surface area contributed by atoms with Crippen LogP contribution in [0.3, 0.4) is 0 Å². The van der Waals surface area contributed by atoms with E-state index in [2.05, 4.69) is 13.8 Å². The van der Waals surface area contributed by atoms with Gasteiger partial charge in [-0.15, -0.1) is 0 Å². The highest BCUT2D eigenvalue weighted by Gasteiger charge is 2.11. The Bertz CT molecular complexity index is 274. The maximum Gasteiger partial charge on any atom is 0.0930 e. The molecule has 0 saturated carbocycles. The summed E-state index contributed by atoms with van der Waals surface area (Å²) in [7, 11) is 0. The molecule has 15 heavy (non-hydrogen) atoms. The van der Waals surface area contributed by atoms with Crippen molar-refractivity contribution >= 4 is 0 Å². The first-order valence-corrected chi connectivity index (χ1v) is 5.32. The molecule has 0 aliphatic rings. The topological polar surface area (TPSA) is 49.5 Å². The minimum atomic E-state index is -0.505. The van der Waals surface area contributed by atoms with Crippen molar-refractivity contribution < 1.29 is 5.11 Å². The fourth-order valence-corrected chi connectivity index (χ4v) is 1.55. The predicted molar refractivity (Wildman–Crippen MR) is 62.0 cm³/mol. The molecule has 1 aromatic rings. The Morgan fingerprint density at radius 2 is 1.80 bits per heavy atom. The molecule has 0 saturated heterocycles. The van der Waals surface area contributed by atoms with Crippen LogP contribution in [0.1, 0.15) is 25.5 Å². The summed E-state index contributed by atoms with van der Waals surface area (Å²) < 4.78 is 0. The van der Waals surface area contributed by atoms with E-state index in [0.29, 0.717) is 12.5 Å². The van der Waals surface area contributed by atoms with Crippen LogP contribution in [0.5, 0.6) is 0 Å². The zero-order valence-electron chi connectivity index (χ0n) is 9.43. The van der Waals surface area contributed by atoms with Gasteiger partial charge in [-0.3, -0.25) is 5.84 Å². The highest BCUT2D eigenvalue weighted by atomic mass is 16.3. The first kappa shape index (κ1) is 12.2. The van der Waals surface area contributed by atoms with Gasteiger partial charge in [0, 0.05) is 13.1 Å². The smallest absolute Gasteiger partial charge is 0.0930 e. The molecule has 0 bridgehead atoms. The number of hydrazine groups is 1. The predicted octanol–water partition coefficient (Wildman–Crippen LogP) is 1.55. The van der Waals surface area contributed by atoms with Crippen molar-refractivity contribution in [3.05, 3.63) is 35.9 Å². The Morgan fingerprint density at radius 3 is 2.33 bits per heavy atom. The Labute approximate surface area is 91.5 Å². The Morgan fingerprint density at radius 1 is 1.20 bits per heavy atom. The van der Waals surface area contributed by atoms with Crippen molar-refractivity contribution in [2.24, 2.45) is 11.8 Å². The fourth-order valence-electron chi connectivity index (χ4n) is 1.55. The normalized spacial score (nSPS) is 13.5. The van der Waals surface area contributed by atoms with E-state index in [1.54, 1.807) is 5.01 Å². The van der Waals surface area contributed by atoms with Gasteiger partial charge in [-0.05, 0) is 11.5 Å². The molecular formula is C12H20N2O. The standard InChI is InChI=1S/C12H20N2O/c1-10(2)8-14(13)9-12(15)11-6-4-3-5-7-11/h3-7,10,12,15H,8-9,13H2,1-2H3. The van der Waals surface area contributed by atoms with Crippen LogP contribution in [0.25, 0.3) is 0 Å². The maximum atomic E-state index is 9.88. The largest absolute Gasteiger partial charge is 0.387 e. The molecule has 0 aliphatic heterocycles. The fraction of sp³-hybridized carbons (Fsp3) is 0.500. The Kier molecular flexibility index (Phi) is 4.75. The van der Waals surface area contributed by atoms with Crippen LogP contribution in [0.4, 0.5) is 0 Å². The first-order valence-electron chi connectivity index (χ1n) is 5.32. The summed E-state index contributed by atoms with van der Waals surface area (Å²) in [6.07, 6.45) is -0.505. The molecule has 0 aromatic heterocycles. The number of hydrogen-bond acceptors (Lipinski definition) is 3. The number of hydrogen-bond donors (Lipinski definition) is 2. The van der Waals surface area contributed by atoms with Gasteiger partial charge in [0.1, 0.15) is 0 Å². The van der Waals surface area contributed by atoms with Gasteiger partial charge in [0.25, 0.3) is 0 Å². The van der Waals surface area contributed by atoms with Crippen LogP contribution < -0.4 is 5.84 Å². The van der Waals surface area contributed by atoms with E-state index in [-0.39, 0.29) is 0 Å². The lowest BCUT2D eigenvalue weighted by molar-refractivity contribution is 0.106. The monoisotopic (exact) mass is 208 g/mol. The minimum Gasteiger partial charge on any atom is -0.387 e. The molecule has 0 heterocycles. The van der Waals surface area contributed by atoms with Crippen LogP contribution in [0, 0.1) is 5.92 Å². The number of aliphatic hydroxyl groups excluding tert-OH is 1. The van der Waals surface area contributed by atoms with Gasteiger partial charge < -0.3 is 5.11 Å². The summed E-state index contributed by atoms with van der Waals surface area (Å²) in [4.78, 5) is 0. The van der Waals surface area contributed by atoms with Crippen LogP contribution in [0.15, 0.2) is 30.3 Å². The number of benzene rings is 1. The van der Waals surface area contributed by atoms with Gasteiger partial charge in [0.05, 0.1) is 6.10 Å². The van der Waals surface area contributed by atoms with Gasteiger partial charge in [0.15, 0.2) is 0 Å². The Hall–Kier alpha value is -0.900. The summed E-state index contributed by atoms with van der Waals surface area (Å²) in [6.45, 7) is 5.48. The molecule has 1 atom stereocenters. The van der Waals surface area contributed by atoms with Crippen molar-refractivity contribution in [1.82, 2.24) is 5.01 Å². The molecule has 3 heteroatoms. The quantitative estimate of drug-likeness (QED) is 0.570. The minimum absolute atomic E-state index is 0.474. The van der Waals surface area contributed by atoms with Gasteiger partial charge in [-0.2, -0.15) is 0 Å². The van der Waals surface area contributed by atoms with Crippen molar-refractivity contribution in [2.75, 3.05) is 13.1 Å². The molecule has 3 nitrogen and oxygen atoms in total. The van der Waals surface area contributed by atoms with Gasteiger partial charge in [-0.25, -0.2) is 5.01 Å². The average Bonchev–Trinajstić information content (AvgIpc) is 2.17. The Balaban J connectivity index is 2.45. The summed E-state index contributed by atoms with van der Waals surface area (Å²) in [5.74, 6) is 6.30. The molecule has 0 fully saturated rings. The van der Waals surface area contributed by atoms with Crippen LogP contribution in [-0.2, 0) is 0 Å². The third-order valence-corrected chi connectivity index (χ3v) is 2.19. The van der Waals surface area contributed by atoms with Crippen LogP contribution in [-0.4, -0.2) is 23.2 Å². The van der Waals surface area contributed by atoms with Gasteiger partial charge in [-0.1, -0.05) is 44.2 Å². The third kappa shape index (κ3) is 4.42. The molecule has 1 aromatic carbocycles. The molecule has 0 radical (unpaired) electrons. The second-order valence-electron chi connectivity index (χ2n) is 4.27. The van der Waals surface area contributed by atoms with E-state index < -0.39 is 6.10 Å². The number of rotatable bonds is 5. The molecule has 0 amide bonds. The molecule has 84 valence electrons. The van der Waals surface area contributed by atoms with E-state index >= 15 is 0 Å². The third-order valence-electron chi connectivity index (χ3n) is 2.19. The summed E-state index contributed by atoms with van der Waals surface area (Å²) in [5.41, 5.74) is 0.914. The average molecular weight is 208 g/mol. The van der Waals surface area contributed by atoms with E-state index in [4.69, 9.17) is 5.84 Å². The molecule has 0 spiro atoms.